The Morgan fingerprint density at radius 1 is 1.07 bits per heavy atom. The van der Waals surface area contributed by atoms with Gasteiger partial charge in [-0.1, -0.05) is 11.6 Å². The van der Waals surface area contributed by atoms with E-state index in [2.05, 4.69) is 20.1 Å². The molecule has 1 aromatic carbocycles. The van der Waals surface area contributed by atoms with E-state index in [4.69, 9.17) is 21.1 Å². The highest BCUT2D eigenvalue weighted by molar-refractivity contribution is 6.29. The summed E-state index contributed by atoms with van der Waals surface area (Å²) in [4.78, 5) is 6.62. The van der Waals surface area contributed by atoms with Crippen LogP contribution in [0.1, 0.15) is 31.2 Å². The van der Waals surface area contributed by atoms with Gasteiger partial charge in [-0.3, -0.25) is 0 Å². The first-order chi connectivity index (χ1) is 13.8. The van der Waals surface area contributed by atoms with Crippen molar-refractivity contribution < 1.29 is 9.47 Å². The van der Waals surface area contributed by atoms with Crippen molar-refractivity contribution in [1.82, 2.24) is 10.2 Å². The van der Waals surface area contributed by atoms with Crippen molar-refractivity contribution in [3.8, 4) is 5.75 Å². The van der Waals surface area contributed by atoms with Crippen LogP contribution in [0.2, 0.25) is 5.15 Å². The van der Waals surface area contributed by atoms with E-state index in [0.29, 0.717) is 11.8 Å². The number of aromatic nitrogens is 2. The minimum absolute atomic E-state index is 0.439. The third-order valence-electron chi connectivity index (χ3n) is 5.27. The van der Waals surface area contributed by atoms with Crippen LogP contribution >= 0.6 is 11.6 Å². The van der Waals surface area contributed by atoms with Gasteiger partial charge in [-0.2, -0.15) is 0 Å². The van der Waals surface area contributed by atoms with Crippen molar-refractivity contribution in [2.75, 3.05) is 37.7 Å². The number of hydrogen-bond acceptors (Lipinski definition) is 6. The second kappa shape index (κ2) is 9.24. The molecule has 0 N–H and O–H groups in total. The highest BCUT2D eigenvalue weighted by Gasteiger charge is 2.20. The molecule has 2 aromatic rings. The second-order valence-corrected chi connectivity index (χ2v) is 7.58. The Bertz CT molecular complexity index is 787. The summed E-state index contributed by atoms with van der Waals surface area (Å²) in [5.41, 5.74) is 1.02. The van der Waals surface area contributed by atoms with Crippen molar-refractivity contribution in [2.45, 2.75) is 25.7 Å². The summed E-state index contributed by atoms with van der Waals surface area (Å²) in [6.07, 6.45) is 4.63. The van der Waals surface area contributed by atoms with E-state index in [0.717, 1.165) is 61.6 Å². The number of benzene rings is 1. The third-order valence-corrected chi connectivity index (χ3v) is 5.47. The van der Waals surface area contributed by atoms with Gasteiger partial charge < -0.3 is 14.4 Å². The first-order valence-corrected chi connectivity index (χ1v) is 10.3. The second-order valence-electron chi connectivity index (χ2n) is 7.20. The van der Waals surface area contributed by atoms with E-state index in [9.17, 15) is 0 Å². The first-order valence-electron chi connectivity index (χ1n) is 9.92. The van der Waals surface area contributed by atoms with Gasteiger partial charge in [0.1, 0.15) is 12.4 Å². The molecule has 0 aliphatic carbocycles. The number of hydrogen-bond donors (Lipinski definition) is 0. The van der Waals surface area contributed by atoms with E-state index in [1.54, 1.807) is 6.07 Å². The fourth-order valence-corrected chi connectivity index (χ4v) is 3.79. The molecule has 1 aromatic heterocycles. The SMILES string of the molecule is Clc1ccc(N2CCC(CCCOc3ccc(C4=NCCO4)cc3)CC2)nn1. The van der Waals surface area contributed by atoms with Crippen LogP contribution in [0.4, 0.5) is 5.82 Å². The van der Waals surface area contributed by atoms with E-state index in [1.165, 1.54) is 19.3 Å². The number of nitrogens with zero attached hydrogens (tertiary/aromatic N) is 4. The summed E-state index contributed by atoms with van der Waals surface area (Å²) in [6.45, 7) is 4.23. The highest BCUT2D eigenvalue weighted by Crippen LogP contribution is 2.25. The maximum atomic E-state index is 5.89. The Morgan fingerprint density at radius 3 is 2.57 bits per heavy atom. The molecule has 28 heavy (non-hydrogen) atoms. The van der Waals surface area contributed by atoms with Crippen LogP contribution in [0.25, 0.3) is 0 Å². The molecule has 1 fully saturated rings. The maximum absolute atomic E-state index is 5.89. The molecule has 0 unspecified atom stereocenters. The van der Waals surface area contributed by atoms with Gasteiger partial charge in [0, 0.05) is 18.7 Å². The molecule has 2 aliphatic heterocycles. The minimum atomic E-state index is 0.439. The Hall–Kier alpha value is -2.34. The largest absolute Gasteiger partial charge is 0.494 e. The summed E-state index contributed by atoms with van der Waals surface area (Å²) in [6, 6.07) is 11.7. The molecule has 148 valence electrons. The van der Waals surface area contributed by atoms with Crippen LogP contribution in [0.15, 0.2) is 41.4 Å². The van der Waals surface area contributed by atoms with Gasteiger partial charge in [-0.15, -0.1) is 10.2 Å². The fourth-order valence-electron chi connectivity index (χ4n) is 3.69. The number of rotatable bonds is 7. The lowest BCUT2D eigenvalue weighted by atomic mass is 9.92. The molecular weight excluding hydrogens is 376 g/mol. The lowest BCUT2D eigenvalue weighted by Crippen LogP contribution is -2.34. The first kappa shape index (κ1) is 19.0. The molecule has 0 radical (unpaired) electrons. The fraction of sp³-hybridized carbons (Fsp3) is 0.476. The standard InChI is InChI=1S/C21H25ClN4O2/c22-19-7-8-20(25-24-19)26-12-9-16(10-13-26)2-1-14-27-18-5-3-17(4-6-18)21-23-11-15-28-21/h3-8,16H,1-2,9-15H2. The zero-order valence-corrected chi connectivity index (χ0v) is 16.6. The monoisotopic (exact) mass is 400 g/mol. The normalized spacial score (nSPS) is 17.3. The number of piperidine rings is 1. The molecule has 0 spiro atoms. The van der Waals surface area contributed by atoms with Crippen LogP contribution in [-0.2, 0) is 4.74 Å². The smallest absolute Gasteiger partial charge is 0.216 e. The van der Waals surface area contributed by atoms with Gasteiger partial charge >= 0.3 is 0 Å². The van der Waals surface area contributed by atoms with Crippen molar-refractivity contribution in [1.29, 1.82) is 0 Å². The zero-order valence-electron chi connectivity index (χ0n) is 15.9. The molecule has 0 amide bonds. The Labute approximate surface area is 170 Å². The quantitative estimate of drug-likeness (QED) is 0.658. The lowest BCUT2D eigenvalue weighted by molar-refractivity contribution is 0.279. The summed E-state index contributed by atoms with van der Waals surface area (Å²) >= 11 is 5.81. The van der Waals surface area contributed by atoms with E-state index < -0.39 is 0 Å². The zero-order chi connectivity index (χ0) is 19.2. The molecule has 0 atom stereocenters. The van der Waals surface area contributed by atoms with Gasteiger partial charge in [0.05, 0.1) is 13.2 Å². The summed E-state index contributed by atoms with van der Waals surface area (Å²) < 4.78 is 11.4. The molecule has 7 heteroatoms. The Balaban J connectivity index is 1.15. The van der Waals surface area contributed by atoms with Crippen LogP contribution in [0.5, 0.6) is 5.75 Å². The average molecular weight is 401 g/mol. The summed E-state index contributed by atoms with van der Waals surface area (Å²) in [7, 11) is 0. The van der Waals surface area contributed by atoms with Gasteiger partial charge in [-0.05, 0) is 68.0 Å². The predicted molar refractivity (Wildman–Crippen MR) is 111 cm³/mol. The number of ether oxygens (including phenoxy) is 2. The van der Waals surface area contributed by atoms with Crippen LogP contribution < -0.4 is 9.64 Å². The van der Waals surface area contributed by atoms with Crippen LogP contribution in [0, 0.1) is 5.92 Å². The molecule has 6 nitrogen and oxygen atoms in total. The van der Waals surface area contributed by atoms with Gasteiger partial charge in [0.25, 0.3) is 0 Å². The van der Waals surface area contributed by atoms with Crippen molar-refractivity contribution in [3.05, 3.63) is 47.1 Å². The van der Waals surface area contributed by atoms with Crippen LogP contribution in [0.3, 0.4) is 0 Å². The molecule has 4 rings (SSSR count). The van der Waals surface area contributed by atoms with Gasteiger partial charge in [0.15, 0.2) is 11.0 Å². The maximum Gasteiger partial charge on any atom is 0.216 e. The topological polar surface area (TPSA) is 59.8 Å². The van der Waals surface area contributed by atoms with E-state index >= 15 is 0 Å². The van der Waals surface area contributed by atoms with Crippen molar-refractivity contribution in [2.24, 2.45) is 10.9 Å². The highest BCUT2D eigenvalue weighted by atomic mass is 35.5. The third kappa shape index (κ3) is 4.93. The van der Waals surface area contributed by atoms with Crippen molar-refractivity contribution in [3.63, 3.8) is 0 Å². The predicted octanol–water partition coefficient (Wildman–Crippen LogP) is 3.98. The molecule has 0 bridgehead atoms. The molecule has 2 aliphatic rings. The van der Waals surface area contributed by atoms with E-state index in [1.807, 2.05) is 30.3 Å². The molecule has 1 saturated heterocycles. The Morgan fingerprint density at radius 2 is 1.89 bits per heavy atom. The van der Waals surface area contributed by atoms with E-state index in [-0.39, 0.29) is 0 Å². The minimum Gasteiger partial charge on any atom is -0.494 e. The Kier molecular flexibility index (Phi) is 6.27. The summed E-state index contributed by atoms with van der Waals surface area (Å²) in [5, 5.41) is 8.55. The molecule has 0 saturated carbocycles. The van der Waals surface area contributed by atoms with Gasteiger partial charge in [-0.25, -0.2) is 4.99 Å². The van der Waals surface area contributed by atoms with Crippen molar-refractivity contribution >= 4 is 23.3 Å². The average Bonchev–Trinajstić information content (AvgIpc) is 3.28. The van der Waals surface area contributed by atoms with Crippen LogP contribution in [-0.4, -0.2) is 48.9 Å². The molecular formula is C21H25ClN4O2. The number of anilines is 1. The van der Waals surface area contributed by atoms with Gasteiger partial charge in [0.2, 0.25) is 5.90 Å². The molecule has 3 heterocycles. The number of aliphatic imine (C=N–C) groups is 1. The number of halogens is 1. The lowest BCUT2D eigenvalue weighted by Gasteiger charge is -2.32. The summed E-state index contributed by atoms with van der Waals surface area (Å²) in [5.74, 6) is 3.31.